The highest BCUT2D eigenvalue weighted by Gasteiger charge is 2.53. The van der Waals surface area contributed by atoms with Crippen molar-refractivity contribution in [3.63, 3.8) is 0 Å². The third-order valence-electron chi connectivity index (χ3n) is 9.48. The fourth-order valence-corrected chi connectivity index (χ4v) is 10.1. The van der Waals surface area contributed by atoms with Crippen molar-refractivity contribution in [2.75, 3.05) is 19.8 Å². The van der Waals surface area contributed by atoms with Crippen LogP contribution in [0.2, 0.25) is 6.04 Å². The molecule has 0 bridgehead atoms. The summed E-state index contributed by atoms with van der Waals surface area (Å²) in [5.41, 5.74) is 8.21. The Balaban J connectivity index is 2.63. The van der Waals surface area contributed by atoms with Gasteiger partial charge < -0.3 is 19.0 Å². The molecule has 0 aliphatic heterocycles. The van der Waals surface area contributed by atoms with E-state index < -0.39 is 8.80 Å². The van der Waals surface area contributed by atoms with Crippen LogP contribution in [-0.2, 0) is 19.7 Å². The maximum Gasteiger partial charge on any atom is 0.501 e. The van der Waals surface area contributed by atoms with Crippen LogP contribution in [-0.4, -0.2) is 34.2 Å². The summed E-state index contributed by atoms with van der Waals surface area (Å²) < 4.78 is 19.1. The summed E-state index contributed by atoms with van der Waals surface area (Å²) in [6.45, 7) is 14.9. The molecular formula is C37H71NO3Si. The Hall–Kier alpha value is -0.723. The van der Waals surface area contributed by atoms with E-state index in [0.717, 1.165) is 25.3 Å². The Kier molecular flexibility index (Phi) is 22.1. The molecule has 0 amide bonds. The van der Waals surface area contributed by atoms with E-state index in [0.29, 0.717) is 19.8 Å². The number of unbranched alkanes of at least 4 members (excludes halogenated alkanes) is 15. The lowest BCUT2D eigenvalue weighted by Gasteiger charge is -2.49. The van der Waals surface area contributed by atoms with Gasteiger partial charge in [0.05, 0.1) is 0 Å². The van der Waals surface area contributed by atoms with Crippen LogP contribution in [0.15, 0.2) is 30.3 Å². The Labute approximate surface area is 263 Å². The van der Waals surface area contributed by atoms with Gasteiger partial charge in [-0.25, -0.2) is 0 Å². The highest BCUT2D eigenvalue weighted by Crippen LogP contribution is 2.46. The van der Waals surface area contributed by atoms with Crippen molar-refractivity contribution < 1.29 is 13.3 Å². The van der Waals surface area contributed by atoms with Gasteiger partial charge in [0, 0.05) is 31.4 Å². The van der Waals surface area contributed by atoms with Gasteiger partial charge in [-0.3, -0.25) is 0 Å². The van der Waals surface area contributed by atoms with Crippen LogP contribution in [0.25, 0.3) is 0 Å². The highest BCUT2D eigenvalue weighted by molar-refractivity contribution is 6.61. The molecule has 0 fully saturated rings. The minimum atomic E-state index is -2.86. The summed E-state index contributed by atoms with van der Waals surface area (Å²) in [7, 11) is -2.86. The Morgan fingerprint density at radius 1 is 0.595 bits per heavy atom. The standard InChI is InChI=1S/C37H71NO3Si/c1-7-12-13-14-15-16-17-18-19-20-21-22-23-24-25-29-32-36(6,34-42(39-9-3,40-10-4)41-11-5)37(38,8-2)33-35-30-27-26-28-31-35/h26-28,30-31H,7-25,29,32-34,38H2,1-6H3. The quantitative estimate of drug-likeness (QED) is 0.0729. The van der Waals surface area contributed by atoms with E-state index in [4.69, 9.17) is 19.0 Å². The largest absolute Gasteiger partial charge is 0.501 e. The zero-order valence-electron chi connectivity index (χ0n) is 29.0. The first-order valence-electron chi connectivity index (χ1n) is 18.1. The third-order valence-corrected chi connectivity index (χ3v) is 12.9. The van der Waals surface area contributed by atoms with Gasteiger partial charge in [-0.15, -0.1) is 0 Å². The number of nitrogens with two attached hydrogens (primary N) is 1. The van der Waals surface area contributed by atoms with E-state index in [-0.39, 0.29) is 11.0 Å². The van der Waals surface area contributed by atoms with Gasteiger partial charge >= 0.3 is 8.80 Å². The third kappa shape index (κ3) is 15.3. The molecule has 1 aromatic rings. The average Bonchev–Trinajstić information content (AvgIpc) is 2.97. The lowest BCUT2D eigenvalue weighted by molar-refractivity contribution is 0.0405. The van der Waals surface area contributed by atoms with Crippen molar-refractivity contribution in [2.24, 2.45) is 11.1 Å². The summed E-state index contributed by atoms with van der Waals surface area (Å²) >= 11 is 0. The molecule has 0 spiro atoms. The summed E-state index contributed by atoms with van der Waals surface area (Å²) in [5.74, 6) is 0. The van der Waals surface area contributed by atoms with Crippen LogP contribution in [0.1, 0.15) is 163 Å². The molecule has 2 unspecified atom stereocenters. The summed E-state index contributed by atoms with van der Waals surface area (Å²) in [6.07, 6.45) is 25.0. The maximum absolute atomic E-state index is 7.43. The smallest absolute Gasteiger partial charge is 0.374 e. The molecule has 0 saturated heterocycles. The van der Waals surface area contributed by atoms with Crippen LogP contribution in [0.5, 0.6) is 0 Å². The Bertz CT molecular complexity index is 731. The molecule has 4 nitrogen and oxygen atoms in total. The lowest BCUT2D eigenvalue weighted by atomic mass is 9.65. The summed E-state index contributed by atoms with van der Waals surface area (Å²) in [6, 6.07) is 11.5. The van der Waals surface area contributed by atoms with Crippen molar-refractivity contribution in [1.82, 2.24) is 0 Å². The SMILES string of the molecule is CCCCCCCCCCCCCCCCCCC(C)(C[Si](OCC)(OCC)OCC)C(N)(CC)Cc1ccccc1. The van der Waals surface area contributed by atoms with E-state index in [1.165, 1.54) is 108 Å². The topological polar surface area (TPSA) is 53.7 Å². The lowest BCUT2D eigenvalue weighted by Crippen LogP contribution is -2.60. The van der Waals surface area contributed by atoms with Crippen LogP contribution >= 0.6 is 0 Å². The molecule has 1 aromatic carbocycles. The van der Waals surface area contributed by atoms with Crippen molar-refractivity contribution in [3.8, 4) is 0 Å². The number of hydrogen-bond donors (Lipinski definition) is 1. The zero-order valence-corrected chi connectivity index (χ0v) is 30.0. The molecular weight excluding hydrogens is 534 g/mol. The average molecular weight is 606 g/mol. The van der Waals surface area contributed by atoms with Crippen LogP contribution in [0.4, 0.5) is 0 Å². The fourth-order valence-electron chi connectivity index (χ4n) is 6.72. The van der Waals surface area contributed by atoms with E-state index in [9.17, 15) is 0 Å². The van der Waals surface area contributed by atoms with Gasteiger partial charge in [0.15, 0.2) is 0 Å². The van der Waals surface area contributed by atoms with Gasteiger partial charge in [-0.05, 0) is 51.0 Å². The Morgan fingerprint density at radius 2 is 1.00 bits per heavy atom. The molecule has 0 aromatic heterocycles. The first-order chi connectivity index (χ1) is 20.3. The molecule has 2 atom stereocenters. The van der Waals surface area contributed by atoms with E-state index in [1.54, 1.807) is 0 Å². The van der Waals surface area contributed by atoms with Gasteiger partial charge in [-0.2, -0.15) is 0 Å². The Morgan fingerprint density at radius 3 is 1.38 bits per heavy atom. The number of benzene rings is 1. The molecule has 246 valence electrons. The molecule has 2 N–H and O–H groups in total. The fraction of sp³-hybridized carbons (Fsp3) is 0.838. The molecule has 0 radical (unpaired) electrons. The monoisotopic (exact) mass is 606 g/mol. The van der Waals surface area contributed by atoms with Gasteiger partial charge in [0.25, 0.3) is 0 Å². The summed E-state index contributed by atoms with van der Waals surface area (Å²) in [5, 5.41) is 0. The predicted molar refractivity (Wildman–Crippen MR) is 185 cm³/mol. The number of hydrogen-bond acceptors (Lipinski definition) is 4. The second-order valence-corrected chi connectivity index (χ2v) is 15.5. The van der Waals surface area contributed by atoms with Gasteiger partial charge in [-0.1, -0.05) is 154 Å². The molecule has 0 aliphatic carbocycles. The number of rotatable bonds is 29. The zero-order chi connectivity index (χ0) is 31.0. The van der Waals surface area contributed by atoms with Crippen molar-refractivity contribution >= 4 is 8.80 Å². The van der Waals surface area contributed by atoms with Crippen molar-refractivity contribution in [3.05, 3.63) is 35.9 Å². The van der Waals surface area contributed by atoms with Crippen LogP contribution in [0, 0.1) is 5.41 Å². The molecule has 1 rings (SSSR count). The van der Waals surface area contributed by atoms with Crippen LogP contribution in [0.3, 0.4) is 0 Å². The normalized spacial score (nSPS) is 15.0. The predicted octanol–water partition coefficient (Wildman–Crippen LogP) is 11.0. The molecule has 0 heterocycles. The van der Waals surface area contributed by atoms with Gasteiger partial charge in [0.1, 0.15) is 0 Å². The summed E-state index contributed by atoms with van der Waals surface area (Å²) in [4.78, 5) is 0. The highest BCUT2D eigenvalue weighted by atomic mass is 28.4. The van der Waals surface area contributed by atoms with Crippen molar-refractivity contribution in [1.29, 1.82) is 0 Å². The van der Waals surface area contributed by atoms with E-state index >= 15 is 0 Å². The first kappa shape index (κ1) is 39.3. The second kappa shape index (κ2) is 23.6. The van der Waals surface area contributed by atoms with Crippen molar-refractivity contribution in [2.45, 2.75) is 175 Å². The van der Waals surface area contributed by atoms with Crippen LogP contribution < -0.4 is 5.73 Å². The molecule has 0 saturated carbocycles. The molecule has 5 heteroatoms. The van der Waals surface area contributed by atoms with E-state index in [1.807, 2.05) is 20.8 Å². The molecule has 42 heavy (non-hydrogen) atoms. The van der Waals surface area contributed by atoms with E-state index in [2.05, 4.69) is 51.1 Å². The maximum atomic E-state index is 7.43. The second-order valence-electron chi connectivity index (χ2n) is 12.9. The van der Waals surface area contributed by atoms with Gasteiger partial charge in [0.2, 0.25) is 0 Å². The molecule has 0 aliphatic rings. The minimum absolute atomic E-state index is 0.153. The minimum Gasteiger partial charge on any atom is -0.374 e. The first-order valence-corrected chi connectivity index (χ1v) is 20.0.